The van der Waals surface area contributed by atoms with Crippen LogP contribution in [0.25, 0.3) is 6.08 Å². The van der Waals surface area contributed by atoms with Crippen molar-refractivity contribution in [2.45, 2.75) is 75.3 Å². The molecular weight excluding hydrogens is 512 g/mol. The fourth-order valence-electron chi connectivity index (χ4n) is 3.42. The third-order valence-corrected chi connectivity index (χ3v) is 5.57. The largest absolute Gasteiger partial charge is 0.490 e. The van der Waals surface area contributed by atoms with Crippen LogP contribution >= 0.6 is 0 Å². The second kappa shape index (κ2) is 13.5. The van der Waals surface area contributed by atoms with Crippen LogP contribution in [0.4, 0.5) is 0 Å². The Morgan fingerprint density at radius 1 is 0.775 bits per heavy atom. The number of hydrogen-bond acceptors (Lipinski definition) is 8. The van der Waals surface area contributed by atoms with Crippen molar-refractivity contribution in [1.29, 1.82) is 0 Å². The van der Waals surface area contributed by atoms with Crippen LogP contribution in [0.5, 0.6) is 17.2 Å². The van der Waals surface area contributed by atoms with Gasteiger partial charge in [-0.1, -0.05) is 0 Å². The summed E-state index contributed by atoms with van der Waals surface area (Å²) in [7, 11) is 0. The summed E-state index contributed by atoms with van der Waals surface area (Å²) in [6.07, 6.45) is 2.97. The van der Waals surface area contributed by atoms with E-state index < -0.39 is 10.8 Å². The minimum atomic E-state index is -0.662. The molecule has 0 aliphatic heterocycles. The van der Waals surface area contributed by atoms with Crippen molar-refractivity contribution in [3.8, 4) is 17.2 Å². The van der Waals surface area contributed by atoms with Crippen LogP contribution in [0.1, 0.15) is 82.4 Å². The summed E-state index contributed by atoms with van der Waals surface area (Å²) < 4.78 is 27.9. The number of ether oxygens (including phenoxy) is 5. The Hall–Kier alpha value is -3.81. The van der Waals surface area contributed by atoms with Crippen LogP contribution in [0.3, 0.4) is 0 Å². The molecule has 218 valence electrons. The molecule has 0 amide bonds. The molecule has 2 rings (SSSR count). The summed E-state index contributed by atoms with van der Waals surface area (Å²) >= 11 is 0. The SMILES string of the molecule is Cc1cc(C)c(OC(C)C)c(/C=C/C(=O)c2ccc(OCOC(=O)C(C)(C)C)cc2)c1OCOC(=O)C(C)(C)C. The summed E-state index contributed by atoms with van der Waals surface area (Å²) in [5.74, 6) is 0.501. The normalized spacial score (nSPS) is 11.9. The summed E-state index contributed by atoms with van der Waals surface area (Å²) in [5, 5.41) is 0. The zero-order chi connectivity index (χ0) is 30.3. The number of aryl methyl sites for hydroxylation is 2. The van der Waals surface area contributed by atoms with E-state index in [1.807, 2.05) is 33.8 Å². The molecule has 0 N–H and O–H groups in total. The van der Waals surface area contributed by atoms with Crippen molar-refractivity contribution < 1.29 is 38.1 Å². The maximum Gasteiger partial charge on any atom is 0.314 e. The highest BCUT2D eigenvalue weighted by Gasteiger charge is 2.24. The van der Waals surface area contributed by atoms with E-state index in [9.17, 15) is 14.4 Å². The number of carbonyl (C=O) groups is 3. The van der Waals surface area contributed by atoms with Gasteiger partial charge in [0.05, 0.1) is 22.5 Å². The second-order valence-corrected chi connectivity index (χ2v) is 11.9. The smallest absolute Gasteiger partial charge is 0.314 e. The van der Waals surface area contributed by atoms with E-state index in [1.165, 1.54) is 6.08 Å². The minimum absolute atomic E-state index is 0.119. The van der Waals surface area contributed by atoms with Gasteiger partial charge in [0.15, 0.2) is 5.78 Å². The Kier molecular flexibility index (Phi) is 10.9. The molecule has 40 heavy (non-hydrogen) atoms. The summed E-state index contributed by atoms with van der Waals surface area (Å²) in [4.78, 5) is 37.1. The van der Waals surface area contributed by atoms with Gasteiger partial charge >= 0.3 is 11.9 Å². The highest BCUT2D eigenvalue weighted by atomic mass is 16.7. The predicted octanol–water partition coefficient (Wildman–Crippen LogP) is 6.84. The van der Waals surface area contributed by atoms with Gasteiger partial charge in [-0.3, -0.25) is 14.4 Å². The molecule has 0 spiro atoms. The molecule has 2 aromatic rings. The fourth-order valence-corrected chi connectivity index (χ4v) is 3.42. The van der Waals surface area contributed by atoms with E-state index in [0.29, 0.717) is 28.4 Å². The highest BCUT2D eigenvalue weighted by Crippen LogP contribution is 2.37. The standard InChI is InChI=1S/C32H42O8/c1-20(2)40-28-22(4)17-21(3)27(37-19-39-30(35)32(8,9)10)25(28)15-16-26(33)23-11-13-24(14-12-23)36-18-38-29(34)31(5,6)7/h11-17,20H,18-19H2,1-10H3/b16-15+. The van der Waals surface area contributed by atoms with E-state index in [4.69, 9.17) is 23.7 Å². The third-order valence-electron chi connectivity index (χ3n) is 5.57. The summed E-state index contributed by atoms with van der Waals surface area (Å²) in [6.45, 7) is 17.7. The van der Waals surface area contributed by atoms with Crippen molar-refractivity contribution in [1.82, 2.24) is 0 Å². The van der Waals surface area contributed by atoms with Gasteiger partial charge in [-0.05, 0) is 123 Å². The van der Waals surface area contributed by atoms with Gasteiger partial charge in [0.1, 0.15) is 17.2 Å². The van der Waals surface area contributed by atoms with Crippen LogP contribution in [0, 0.1) is 24.7 Å². The minimum Gasteiger partial charge on any atom is -0.490 e. The highest BCUT2D eigenvalue weighted by molar-refractivity contribution is 6.07. The molecule has 0 aliphatic carbocycles. The fraction of sp³-hybridized carbons (Fsp3) is 0.469. The van der Waals surface area contributed by atoms with Gasteiger partial charge in [-0.2, -0.15) is 0 Å². The van der Waals surface area contributed by atoms with E-state index in [2.05, 4.69) is 0 Å². The lowest BCUT2D eigenvalue weighted by molar-refractivity contribution is -0.160. The number of benzene rings is 2. The van der Waals surface area contributed by atoms with Gasteiger partial charge in [-0.25, -0.2) is 0 Å². The molecular formula is C32H42O8. The average Bonchev–Trinajstić information content (AvgIpc) is 2.84. The molecule has 0 fully saturated rings. The number of esters is 2. The number of carbonyl (C=O) groups excluding carboxylic acids is 3. The molecule has 0 radical (unpaired) electrons. The first-order valence-corrected chi connectivity index (χ1v) is 13.2. The number of allylic oxidation sites excluding steroid dienone is 1. The van der Waals surface area contributed by atoms with E-state index >= 15 is 0 Å². The molecule has 0 aromatic heterocycles. The molecule has 0 atom stereocenters. The summed E-state index contributed by atoms with van der Waals surface area (Å²) in [6, 6.07) is 8.45. The lowest BCUT2D eigenvalue weighted by Gasteiger charge is -2.21. The monoisotopic (exact) mass is 554 g/mol. The number of ketones is 1. The van der Waals surface area contributed by atoms with Crippen molar-refractivity contribution in [2.24, 2.45) is 10.8 Å². The molecule has 8 heteroatoms. The second-order valence-electron chi connectivity index (χ2n) is 11.9. The van der Waals surface area contributed by atoms with Crippen LogP contribution < -0.4 is 14.2 Å². The number of rotatable bonds is 11. The van der Waals surface area contributed by atoms with Crippen LogP contribution in [-0.2, 0) is 19.1 Å². The van der Waals surface area contributed by atoms with E-state index in [-0.39, 0.29) is 37.4 Å². The number of hydrogen-bond donors (Lipinski definition) is 0. The maximum atomic E-state index is 13.0. The van der Waals surface area contributed by atoms with E-state index in [0.717, 1.165) is 11.1 Å². The van der Waals surface area contributed by atoms with Crippen LogP contribution in [0.15, 0.2) is 36.4 Å². The Morgan fingerprint density at radius 2 is 1.27 bits per heavy atom. The first-order valence-electron chi connectivity index (χ1n) is 13.2. The predicted molar refractivity (Wildman–Crippen MR) is 154 cm³/mol. The van der Waals surface area contributed by atoms with Gasteiger partial charge < -0.3 is 23.7 Å². The van der Waals surface area contributed by atoms with Crippen molar-refractivity contribution in [2.75, 3.05) is 13.6 Å². The maximum absolute atomic E-state index is 13.0. The first kappa shape index (κ1) is 32.4. The van der Waals surface area contributed by atoms with Crippen molar-refractivity contribution >= 4 is 23.8 Å². The Balaban J connectivity index is 2.24. The zero-order valence-electron chi connectivity index (χ0n) is 25.3. The molecule has 0 saturated carbocycles. The zero-order valence-corrected chi connectivity index (χ0v) is 25.3. The van der Waals surface area contributed by atoms with Gasteiger partial charge in [0.25, 0.3) is 0 Å². The van der Waals surface area contributed by atoms with Crippen LogP contribution in [0.2, 0.25) is 0 Å². The van der Waals surface area contributed by atoms with Crippen molar-refractivity contribution in [3.05, 3.63) is 58.7 Å². The molecule has 0 unspecified atom stereocenters. The van der Waals surface area contributed by atoms with Gasteiger partial charge in [0.2, 0.25) is 13.6 Å². The molecule has 2 aromatic carbocycles. The quantitative estimate of drug-likeness (QED) is 0.129. The molecule has 0 aliphatic rings. The van der Waals surface area contributed by atoms with Crippen molar-refractivity contribution in [3.63, 3.8) is 0 Å². The average molecular weight is 555 g/mol. The Bertz CT molecular complexity index is 1230. The Morgan fingerprint density at radius 3 is 1.77 bits per heavy atom. The summed E-state index contributed by atoms with van der Waals surface area (Å²) in [5.41, 5.74) is 1.42. The molecule has 0 saturated heterocycles. The van der Waals surface area contributed by atoms with E-state index in [1.54, 1.807) is 71.9 Å². The third kappa shape index (κ3) is 9.43. The topological polar surface area (TPSA) is 97.4 Å². The molecule has 0 heterocycles. The van der Waals surface area contributed by atoms with Crippen LogP contribution in [-0.4, -0.2) is 37.4 Å². The molecule has 0 bridgehead atoms. The molecule has 8 nitrogen and oxygen atoms in total. The lowest BCUT2D eigenvalue weighted by Crippen LogP contribution is -2.24. The van der Waals surface area contributed by atoms with Gasteiger partial charge in [0, 0.05) is 5.56 Å². The first-order chi connectivity index (χ1) is 18.5. The Labute approximate surface area is 237 Å². The lowest BCUT2D eigenvalue weighted by atomic mass is 9.97. The van der Waals surface area contributed by atoms with Gasteiger partial charge in [-0.15, -0.1) is 0 Å².